The lowest BCUT2D eigenvalue weighted by atomic mass is 10.5. The molecule has 8 heteroatoms. The molecule has 2 aromatic rings. The molecule has 2 heterocycles. The van der Waals surface area contributed by atoms with Crippen LogP contribution in [0.3, 0.4) is 0 Å². The van der Waals surface area contributed by atoms with Gasteiger partial charge in [-0.3, -0.25) is 0 Å². The SMILES string of the molecule is CCN(CC)c1nc(Cl)nc(Sc2nc(C)cs2)n1. The van der Waals surface area contributed by atoms with Gasteiger partial charge in [-0.25, -0.2) is 4.98 Å². The average Bonchev–Trinajstić information content (AvgIpc) is 2.75. The van der Waals surface area contributed by atoms with Crippen molar-refractivity contribution in [3.63, 3.8) is 0 Å². The van der Waals surface area contributed by atoms with Crippen LogP contribution in [0.1, 0.15) is 19.5 Å². The summed E-state index contributed by atoms with van der Waals surface area (Å²) in [4.78, 5) is 19.1. The first-order valence-corrected chi connectivity index (χ1v) is 7.96. The van der Waals surface area contributed by atoms with Gasteiger partial charge in [0.05, 0.1) is 0 Å². The molecule has 0 saturated carbocycles. The monoisotopic (exact) mass is 315 g/mol. The Kier molecular flexibility index (Phi) is 4.95. The number of aryl methyl sites for hydroxylation is 1. The zero-order valence-electron chi connectivity index (χ0n) is 10.9. The van der Waals surface area contributed by atoms with Crippen LogP contribution < -0.4 is 4.90 Å². The second-order valence-electron chi connectivity index (χ2n) is 3.72. The molecule has 0 aliphatic carbocycles. The van der Waals surface area contributed by atoms with Crippen molar-refractivity contribution < 1.29 is 0 Å². The number of hydrogen-bond acceptors (Lipinski definition) is 7. The van der Waals surface area contributed by atoms with Crippen molar-refractivity contribution in [1.29, 1.82) is 0 Å². The Morgan fingerprint density at radius 3 is 2.53 bits per heavy atom. The van der Waals surface area contributed by atoms with Gasteiger partial charge < -0.3 is 4.90 Å². The molecule has 0 amide bonds. The highest BCUT2D eigenvalue weighted by Gasteiger charge is 2.12. The summed E-state index contributed by atoms with van der Waals surface area (Å²) >= 11 is 8.94. The van der Waals surface area contributed by atoms with Gasteiger partial charge in [-0.2, -0.15) is 15.0 Å². The summed E-state index contributed by atoms with van der Waals surface area (Å²) in [6.45, 7) is 7.73. The zero-order valence-corrected chi connectivity index (χ0v) is 13.3. The number of thiazole rings is 1. The molecule has 0 spiro atoms. The van der Waals surface area contributed by atoms with Crippen LogP contribution in [0.25, 0.3) is 0 Å². The molecule has 102 valence electrons. The molecular formula is C11H14ClN5S2. The molecule has 0 fully saturated rings. The van der Waals surface area contributed by atoms with Gasteiger partial charge in [-0.05, 0) is 44.1 Å². The van der Waals surface area contributed by atoms with Gasteiger partial charge in [0, 0.05) is 24.2 Å². The third-order valence-corrected chi connectivity index (χ3v) is 4.49. The molecule has 0 N–H and O–H groups in total. The van der Waals surface area contributed by atoms with Crippen molar-refractivity contribution in [2.45, 2.75) is 30.3 Å². The molecule has 5 nitrogen and oxygen atoms in total. The summed E-state index contributed by atoms with van der Waals surface area (Å²) in [5, 5.41) is 2.79. The number of rotatable bonds is 5. The summed E-state index contributed by atoms with van der Waals surface area (Å²) in [6, 6.07) is 0. The second-order valence-corrected chi connectivity index (χ2v) is 6.13. The number of anilines is 1. The van der Waals surface area contributed by atoms with Crippen molar-refractivity contribution in [3.8, 4) is 0 Å². The molecule has 0 atom stereocenters. The van der Waals surface area contributed by atoms with E-state index in [1.54, 1.807) is 11.3 Å². The van der Waals surface area contributed by atoms with Crippen molar-refractivity contribution >= 4 is 40.6 Å². The third-order valence-electron chi connectivity index (χ3n) is 2.40. The van der Waals surface area contributed by atoms with Crippen molar-refractivity contribution in [1.82, 2.24) is 19.9 Å². The molecule has 0 aromatic carbocycles. The number of nitrogens with zero attached hydrogens (tertiary/aromatic N) is 5. The number of halogens is 1. The highest BCUT2D eigenvalue weighted by molar-refractivity contribution is 8.00. The summed E-state index contributed by atoms with van der Waals surface area (Å²) in [7, 11) is 0. The largest absolute Gasteiger partial charge is 0.341 e. The molecular weight excluding hydrogens is 302 g/mol. The van der Waals surface area contributed by atoms with Crippen LogP contribution in [0.5, 0.6) is 0 Å². The quantitative estimate of drug-likeness (QED) is 0.844. The van der Waals surface area contributed by atoms with Crippen molar-refractivity contribution in [2.24, 2.45) is 0 Å². The van der Waals surface area contributed by atoms with Crippen LogP contribution in [0.15, 0.2) is 14.9 Å². The Morgan fingerprint density at radius 1 is 1.21 bits per heavy atom. The van der Waals surface area contributed by atoms with Crippen molar-refractivity contribution in [2.75, 3.05) is 18.0 Å². The lowest BCUT2D eigenvalue weighted by molar-refractivity contribution is 0.782. The van der Waals surface area contributed by atoms with E-state index in [0.29, 0.717) is 11.1 Å². The fourth-order valence-electron chi connectivity index (χ4n) is 1.47. The Hall–Kier alpha value is -0.920. The van der Waals surface area contributed by atoms with E-state index in [4.69, 9.17) is 11.6 Å². The highest BCUT2D eigenvalue weighted by Crippen LogP contribution is 2.29. The molecule has 0 saturated heterocycles. The molecule has 0 aliphatic rings. The standard InChI is InChI=1S/C11H14ClN5S2/c1-4-17(5-2)9-14-8(12)15-10(16-9)19-11-13-7(3)6-18-11/h6H,4-5H2,1-3H3. The summed E-state index contributed by atoms with van der Waals surface area (Å²) in [6.07, 6.45) is 0. The van der Waals surface area contributed by atoms with Gasteiger partial charge in [-0.15, -0.1) is 11.3 Å². The van der Waals surface area contributed by atoms with Crippen LogP contribution in [-0.4, -0.2) is 33.0 Å². The van der Waals surface area contributed by atoms with Crippen LogP contribution in [-0.2, 0) is 0 Å². The first-order chi connectivity index (χ1) is 9.12. The van der Waals surface area contributed by atoms with E-state index in [0.717, 1.165) is 23.1 Å². The van der Waals surface area contributed by atoms with E-state index >= 15 is 0 Å². The summed E-state index contributed by atoms with van der Waals surface area (Å²) in [5.41, 5.74) is 0.997. The van der Waals surface area contributed by atoms with E-state index in [-0.39, 0.29) is 5.28 Å². The average molecular weight is 316 g/mol. The van der Waals surface area contributed by atoms with Crippen molar-refractivity contribution in [3.05, 3.63) is 16.4 Å². The van der Waals surface area contributed by atoms with Gasteiger partial charge >= 0.3 is 0 Å². The molecule has 2 rings (SSSR count). The maximum Gasteiger partial charge on any atom is 0.230 e. The topological polar surface area (TPSA) is 54.8 Å². The fraction of sp³-hybridized carbons (Fsp3) is 0.455. The second kappa shape index (κ2) is 6.49. The van der Waals surface area contributed by atoms with Crippen LogP contribution in [0.4, 0.5) is 5.95 Å². The molecule has 0 bridgehead atoms. The first-order valence-electron chi connectivity index (χ1n) is 5.88. The Morgan fingerprint density at radius 2 is 1.95 bits per heavy atom. The maximum absolute atomic E-state index is 5.96. The highest BCUT2D eigenvalue weighted by atomic mass is 35.5. The normalized spacial score (nSPS) is 10.7. The van der Waals surface area contributed by atoms with E-state index < -0.39 is 0 Å². The Bertz CT molecular complexity index is 556. The Balaban J connectivity index is 2.25. The molecule has 0 radical (unpaired) electrons. The fourth-order valence-corrected chi connectivity index (χ4v) is 3.37. The minimum atomic E-state index is 0.215. The van der Waals surface area contributed by atoms with Crippen LogP contribution in [0, 0.1) is 6.92 Å². The minimum absolute atomic E-state index is 0.215. The van der Waals surface area contributed by atoms with E-state index in [1.807, 2.05) is 17.2 Å². The molecule has 19 heavy (non-hydrogen) atoms. The van der Waals surface area contributed by atoms with Crippen LogP contribution >= 0.6 is 34.7 Å². The van der Waals surface area contributed by atoms with Gasteiger partial charge in [0.15, 0.2) is 4.34 Å². The number of aromatic nitrogens is 4. The van der Waals surface area contributed by atoms with E-state index in [1.165, 1.54) is 11.8 Å². The lowest BCUT2D eigenvalue weighted by Gasteiger charge is -2.18. The van der Waals surface area contributed by atoms with E-state index in [2.05, 4.69) is 33.8 Å². The lowest BCUT2D eigenvalue weighted by Crippen LogP contribution is -2.24. The first kappa shape index (κ1) is 14.5. The van der Waals surface area contributed by atoms with Crippen LogP contribution in [0.2, 0.25) is 5.28 Å². The third kappa shape index (κ3) is 3.77. The molecule has 0 unspecified atom stereocenters. The predicted octanol–water partition coefficient (Wildman–Crippen LogP) is 3.29. The van der Waals surface area contributed by atoms with Gasteiger partial charge in [0.25, 0.3) is 0 Å². The van der Waals surface area contributed by atoms with Gasteiger partial charge in [-0.1, -0.05) is 0 Å². The predicted molar refractivity (Wildman–Crippen MR) is 79.4 cm³/mol. The minimum Gasteiger partial charge on any atom is -0.341 e. The van der Waals surface area contributed by atoms with Gasteiger partial charge in [0.2, 0.25) is 16.4 Å². The molecule has 0 aliphatic heterocycles. The van der Waals surface area contributed by atoms with Gasteiger partial charge in [0.1, 0.15) is 0 Å². The Labute approximate surface area is 125 Å². The molecule has 2 aromatic heterocycles. The summed E-state index contributed by atoms with van der Waals surface area (Å²) < 4.78 is 0.908. The maximum atomic E-state index is 5.96. The van der Waals surface area contributed by atoms with E-state index in [9.17, 15) is 0 Å². The smallest absolute Gasteiger partial charge is 0.230 e. The summed E-state index contributed by atoms with van der Waals surface area (Å²) in [5.74, 6) is 0.612. The zero-order chi connectivity index (χ0) is 13.8. The number of hydrogen-bond donors (Lipinski definition) is 0.